The van der Waals surface area contributed by atoms with E-state index in [4.69, 9.17) is 18.6 Å². The third-order valence-electron chi connectivity index (χ3n) is 4.13. The van der Waals surface area contributed by atoms with Crippen LogP contribution in [0.1, 0.15) is 13.8 Å². The summed E-state index contributed by atoms with van der Waals surface area (Å²) >= 11 is 1.23. The molecule has 2 aromatic rings. The fraction of sp³-hybridized carbons (Fsp3) is 0.500. The number of aromatic nitrogens is 2. The Balaban J connectivity index is 1.62. The number of carbonyl (C=O) groups excluding carboxylic acids is 1. The van der Waals surface area contributed by atoms with Crippen LogP contribution < -0.4 is 9.47 Å². The first-order valence-corrected chi connectivity index (χ1v) is 9.60. The topological polar surface area (TPSA) is 86.9 Å². The molecule has 1 aromatic carbocycles. The van der Waals surface area contributed by atoms with Gasteiger partial charge in [0.15, 0.2) is 11.5 Å². The van der Waals surface area contributed by atoms with Crippen LogP contribution in [-0.4, -0.2) is 66.3 Å². The van der Waals surface area contributed by atoms with Crippen molar-refractivity contribution in [1.82, 2.24) is 15.1 Å². The van der Waals surface area contributed by atoms with Gasteiger partial charge in [0.2, 0.25) is 11.8 Å². The predicted octanol–water partition coefficient (Wildman–Crippen LogP) is 2.48. The number of methoxy groups -OCH3 is 2. The van der Waals surface area contributed by atoms with Gasteiger partial charge in [-0.25, -0.2) is 0 Å². The molecule has 0 aliphatic carbocycles. The second-order valence-electron chi connectivity index (χ2n) is 6.29. The van der Waals surface area contributed by atoms with Crippen LogP contribution >= 0.6 is 11.8 Å². The maximum absolute atomic E-state index is 12.4. The molecule has 0 bridgehead atoms. The van der Waals surface area contributed by atoms with Crippen LogP contribution in [0.4, 0.5) is 0 Å². The summed E-state index contributed by atoms with van der Waals surface area (Å²) in [7, 11) is 3.14. The van der Waals surface area contributed by atoms with Crippen molar-refractivity contribution in [2.24, 2.45) is 0 Å². The Hall–Kier alpha value is -2.26. The quantitative estimate of drug-likeness (QED) is 0.692. The maximum atomic E-state index is 12.4. The van der Waals surface area contributed by atoms with E-state index in [0.717, 1.165) is 0 Å². The van der Waals surface area contributed by atoms with Gasteiger partial charge in [-0.3, -0.25) is 4.79 Å². The van der Waals surface area contributed by atoms with E-state index >= 15 is 0 Å². The number of ether oxygens (including phenoxy) is 3. The van der Waals surface area contributed by atoms with Crippen LogP contribution in [0.15, 0.2) is 27.8 Å². The number of rotatable bonds is 6. The summed E-state index contributed by atoms with van der Waals surface area (Å²) in [5.41, 5.74) is 0.717. The number of hydrogen-bond donors (Lipinski definition) is 0. The van der Waals surface area contributed by atoms with Crippen molar-refractivity contribution >= 4 is 17.7 Å². The molecule has 2 heterocycles. The average molecular weight is 393 g/mol. The molecule has 0 N–H and O–H groups in total. The molecule has 27 heavy (non-hydrogen) atoms. The lowest BCUT2D eigenvalue weighted by atomic mass is 10.2. The molecule has 9 heteroatoms. The molecule has 1 aliphatic heterocycles. The zero-order valence-electron chi connectivity index (χ0n) is 15.8. The van der Waals surface area contributed by atoms with Gasteiger partial charge in [0.05, 0.1) is 32.2 Å². The van der Waals surface area contributed by atoms with Crippen molar-refractivity contribution in [2.45, 2.75) is 31.3 Å². The normalized spacial score (nSPS) is 19.8. The number of benzene rings is 1. The highest BCUT2D eigenvalue weighted by Gasteiger charge is 2.26. The Labute approximate surface area is 162 Å². The number of nitrogens with zero attached hydrogens (tertiary/aromatic N) is 3. The lowest BCUT2D eigenvalue weighted by Crippen LogP contribution is -2.48. The predicted molar refractivity (Wildman–Crippen MR) is 100 cm³/mol. The van der Waals surface area contributed by atoms with Gasteiger partial charge >= 0.3 is 0 Å². The maximum Gasteiger partial charge on any atom is 0.277 e. The number of carbonyl (C=O) groups is 1. The molecular formula is C18H23N3O5S. The van der Waals surface area contributed by atoms with Crippen molar-refractivity contribution in [2.75, 3.05) is 33.1 Å². The zero-order chi connectivity index (χ0) is 19.4. The van der Waals surface area contributed by atoms with Crippen molar-refractivity contribution in [3.8, 4) is 23.0 Å². The Morgan fingerprint density at radius 2 is 1.89 bits per heavy atom. The van der Waals surface area contributed by atoms with Crippen molar-refractivity contribution in [3.63, 3.8) is 0 Å². The summed E-state index contributed by atoms with van der Waals surface area (Å²) in [5, 5.41) is 8.42. The largest absolute Gasteiger partial charge is 0.493 e. The molecule has 1 aromatic heterocycles. The van der Waals surface area contributed by atoms with E-state index in [2.05, 4.69) is 10.2 Å². The lowest BCUT2D eigenvalue weighted by Gasteiger charge is -2.35. The standard InChI is InChI=1S/C18H23N3O5S/c1-11-8-21(9-12(2)25-11)16(22)10-27-18-20-19-17(26-18)13-5-6-14(23-3)15(7-13)24-4/h5-7,11-12H,8-10H2,1-4H3/t11-,12+. The van der Waals surface area contributed by atoms with Crippen molar-refractivity contribution < 1.29 is 23.4 Å². The molecule has 0 radical (unpaired) electrons. The fourth-order valence-corrected chi connectivity index (χ4v) is 3.62. The molecule has 8 nitrogen and oxygen atoms in total. The van der Waals surface area contributed by atoms with Crippen molar-refractivity contribution in [3.05, 3.63) is 18.2 Å². The molecule has 0 unspecified atom stereocenters. The molecule has 2 atom stereocenters. The van der Waals surface area contributed by atoms with Crippen LogP contribution in [0.2, 0.25) is 0 Å². The molecule has 1 amide bonds. The van der Waals surface area contributed by atoms with Gasteiger partial charge in [0.1, 0.15) is 0 Å². The molecule has 0 saturated carbocycles. The van der Waals surface area contributed by atoms with Gasteiger partial charge in [-0.15, -0.1) is 10.2 Å². The second-order valence-corrected chi connectivity index (χ2v) is 7.21. The molecule has 1 fully saturated rings. The lowest BCUT2D eigenvalue weighted by molar-refractivity contribution is -0.140. The summed E-state index contributed by atoms with van der Waals surface area (Å²) in [4.78, 5) is 14.2. The molecule has 1 aliphatic rings. The van der Waals surface area contributed by atoms with E-state index in [0.29, 0.717) is 41.3 Å². The van der Waals surface area contributed by atoms with Gasteiger partial charge in [-0.2, -0.15) is 0 Å². The molecule has 1 saturated heterocycles. The molecular weight excluding hydrogens is 370 g/mol. The van der Waals surface area contributed by atoms with Crippen LogP contribution in [0.25, 0.3) is 11.5 Å². The summed E-state index contributed by atoms with van der Waals surface area (Å²) < 4.78 is 21.8. The minimum Gasteiger partial charge on any atom is -0.493 e. The highest BCUT2D eigenvalue weighted by molar-refractivity contribution is 7.99. The van der Waals surface area contributed by atoms with E-state index in [-0.39, 0.29) is 23.9 Å². The van der Waals surface area contributed by atoms with E-state index in [1.54, 1.807) is 26.4 Å². The van der Waals surface area contributed by atoms with E-state index < -0.39 is 0 Å². The highest BCUT2D eigenvalue weighted by atomic mass is 32.2. The summed E-state index contributed by atoms with van der Waals surface area (Å²) in [6, 6.07) is 5.35. The van der Waals surface area contributed by atoms with Crippen LogP contribution in [0.5, 0.6) is 11.5 Å². The summed E-state index contributed by atoms with van der Waals surface area (Å²) in [6.07, 6.45) is 0.0884. The Morgan fingerprint density at radius 1 is 1.19 bits per heavy atom. The average Bonchev–Trinajstić information content (AvgIpc) is 3.13. The SMILES string of the molecule is COc1ccc(-c2nnc(SCC(=O)N3C[C@@H](C)O[C@@H](C)C3)o2)cc1OC. The fourth-order valence-electron chi connectivity index (χ4n) is 2.95. The first kappa shape index (κ1) is 19.5. The number of thioether (sulfide) groups is 1. The first-order valence-electron chi connectivity index (χ1n) is 8.62. The van der Waals surface area contributed by atoms with Crippen LogP contribution in [-0.2, 0) is 9.53 Å². The third kappa shape index (κ3) is 4.72. The number of amides is 1. The minimum absolute atomic E-state index is 0.0351. The van der Waals surface area contributed by atoms with Gasteiger partial charge in [0.25, 0.3) is 5.22 Å². The zero-order valence-corrected chi connectivity index (χ0v) is 16.6. The molecule has 3 rings (SSSR count). The minimum atomic E-state index is 0.0351. The van der Waals surface area contributed by atoms with Gasteiger partial charge in [-0.1, -0.05) is 11.8 Å². The van der Waals surface area contributed by atoms with Gasteiger partial charge in [0, 0.05) is 18.7 Å². The van der Waals surface area contributed by atoms with Crippen molar-refractivity contribution in [1.29, 1.82) is 0 Å². The molecule has 0 spiro atoms. The van der Waals surface area contributed by atoms with E-state index in [9.17, 15) is 4.79 Å². The van der Waals surface area contributed by atoms with Gasteiger partial charge in [-0.05, 0) is 32.0 Å². The summed E-state index contributed by atoms with van der Waals surface area (Å²) in [5.74, 6) is 1.84. The Bertz CT molecular complexity index is 787. The monoisotopic (exact) mass is 393 g/mol. The Kier molecular flexibility index (Phi) is 6.22. The Morgan fingerprint density at radius 3 is 2.56 bits per heavy atom. The highest BCUT2D eigenvalue weighted by Crippen LogP contribution is 2.32. The summed E-state index contributed by atoms with van der Waals surface area (Å²) in [6.45, 7) is 5.14. The molecule has 146 valence electrons. The number of morpholine rings is 1. The van der Waals surface area contributed by atoms with E-state index in [1.165, 1.54) is 11.8 Å². The van der Waals surface area contributed by atoms with Crippen LogP contribution in [0, 0.1) is 0 Å². The third-order valence-corrected chi connectivity index (χ3v) is 4.93. The van der Waals surface area contributed by atoms with E-state index in [1.807, 2.05) is 24.8 Å². The second kappa shape index (κ2) is 8.62. The smallest absolute Gasteiger partial charge is 0.277 e. The van der Waals surface area contributed by atoms with Crippen LogP contribution in [0.3, 0.4) is 0 Å². The first-order chi connectivity index (χ1) is 13.0. The van der Waals surface area contributed by atoms with Gasteiger partial charge < -0.3 is 23.5 Å². The number of hydrogen-bond acceptors (Lipinski definition) is 8.